The molecule has 0 bridgehead atoms. The van der Waals surface area contributed by atoms with E-state index in [9.17, 15) is 0 Å². The number of aromatic nitrogens is 2. The van der Waals surface area contributed by atoms with Crippen molar-refractivity contribution < 1.29 is 0 Å². The lowest BCUT2D eigenvalue weighted by atomic mass is 10.2. The molecule has 1 heterocycles. The van der Waals surface area contributed by atoms with Crippen LogP contribution in [0.5, 0.6) is 0 Å². The van der Waals surface area contributed by atoms with Gasteiger partial charge in [0.15, 0.2) is 5.15 Å². The summed E-state index contributed by atoms with van der Waals surface area (Å²) in [7, 11) is 0. The van der Waals surface area contributed by atoms with E-state index in [1.807, 2.05) is 6.07 Å². The molecule has 4 heteroatoms. The predicted molar refractivity (Wildman–Crippen MR) is 59.8 cm³/mol. The topological polar surface area (TPSA) is 29.0 Å². The zero-order chi connectivity index (χ0) is 10.6. The largest absolute Gasteiger partial charge is 0.370 e. The Bertz CT molecular complexity index is 288. The van der Waals surface area contributed by atoms with Gasteiger partial charge in [-0.3, -0.25) is 0 Å². The number of hydrogen-bond acceptors (Lipinski definition) is 3. The van der Waals surface area contributed by atoms with E-state index in [0.717, 1.165) is 18.8 Å². The summed E-state index contributed by atoms with van der Waals surface area (Å²) < 4.78 is 0. The monoisotopic (exact) mass is 213 g/mol. The second-order valence-corrected chi connectivity index (χ2v) is 4.06. The van der Waals surface area contributed by atoms with Crippen LogP contribution in [0.15, 0.2) is 12.3 Å². The fourth-order valence-corrected chi connectivity index (χ4v) is 1.52. The van der Waals surface area contributed by atoms with Crippen LogP contribution in [0.3, 0.4) is 0 Å². The van der Waals surface area contributed by atoms with Crippen molar-refractivity contribution in [2.45, 2.75) is 20.8 Å². The highest BCUT2D eigenvalue weighted by Gasteiger charge is 2.07. The van der Waals surface area contributed by atoms with Gasteiger partial charge < -0.3 is 4.90 Å². The van der Waals surface area contributed by atoms with E-state index in [-0.39, 0.29) is 0 Å². The standard InChI is InChI=1S/C10H16ClN3/c1-4-14(7-8(2)3)9-5-10(11)13-12-6-9/h5-6,8H,4,7H2,1-3H3. The molecule has 0 aliphatic heterocycles. The quantitative estimate of drug-likeness (QED) is 0.770. The second kappa shape index (κ2) is 5.15. The summed E-state index contributed by atoms with van der Waals surface area (Å²) in [6, 6.07) is 1.85. The van der Waals surface area contributed by atoms with Crippen LogP contribution in [0.1, 0.15) is 20.8 Å². The summed E-state index contributed by atoms with van der Waals surface area (Å²) in [4.78, 5) is 2.24. The molecular formula is C10H16ClN3. The molecule has 0 saturated carbocycles. The maximum atomic E-state index is 5.78. The zero-order valence-corrected chi connectivity index (χ0v) is 9.62. The lowest BCUT2D eigenvalue weighted by Crippen LogP contribution is -2.27. The van der Waals surface area contributed by atoms with E-state index >= 15 is 0 Å². The van der Waals surface area contributed by atoms with Gasteiger partial charge in [0.1, 0.15) is 0 Å². The molecule has 0 aromatic carbocycles. The third-order valence-corrected chi connectivity index (χ3v) is 2.13. The van der Waals surface area contributed by atoms with Gasteiger partial charge in [-0.1, -0.05) is 25.4 Å². The molecule has 0 aliphatic carbocycles. The number of hydrogen-bond donors (Lipinski definition) is 0. The first kappa shape index (κ1) is 11.2. The Morgan fingerprint density at radius 3 is 2.71 bits per heavy atom. The van der Waals surface area contributed by atoms with Crippen LogP contribution in [0.25, 0.3) is 0 Å². The van der Waals surface area contributed by atoms with Crippen molar-refractivity contribution >= 4 is 17.3 Å². The molecule has 1 aromatic rings. The molecule has 0 aliphatic rings. The summed E-state index contributed by atoms with van der Waals surface area (Å²) in [6.07, 6.45) is 1.75. The lowest BCUT2D eigenvalue weighted by Gasteiger charge is -2.24. The van der Waals surface area contributed by atoms with Crippen molar-refractivity contribution in [1.29, 1.82) is 0 Å². The van der Waals surface area contributed by atoms with E-state index in [4.69, 9.17) is 11.6 Å². The fourth-order valence-electron chi connectivity index (χ4n) is 1.36. The number of rotatable bonds is 4. The van der Waals surface area contributed by atoms with Gasteiger partial charge in [-0.05, 0) is 12.8 Å². The molecule has 1 rings (SSSR count). The van der Waals surface area contributed by atoms with Crippen molar-refractivity contribution in [3.63, 3.8) is 0 Å². The van der Waals surface area contributed by atoms with Crippen LogP contribution >= 0.6 is 11.6 Å². The Morgan fingerprint density at radius 2 is 2.21 bits per heavy atom. The first-order valence-corrected chi connectivity index (χ1v) is 5.24. The van der Waals surface area contributed by atoms with E-state index in [0.29, 0.717) is 11.1 Å². The molecule has 0 saturated heterocycles. The first-order valence-electron chi connectivity index (χ1n) is 4.86. The minimum atomic E-state index is 0.449. The summed E-state index contributed by atoms with van der Waals surface area (Å²) in [5.41, 5.74) is 1.04. The molecule has 3 nitrogen and oxygen atoms in total. The summed E-state index contributed by atoms with van der Waals surface area (Å²) >= 11 is 5.78. The van der Waals surface area contributed by atoms with E-state index in [1.165, 1.54) is 0 Å². The molecule has 0 spiro atoms. The molecule has 0 amide bonds. The third kappa shape index (κ3) is 3.14. The van der Waals surface area contributed by atoms with Gasteiger partial charge >= 0.3 is 0 Å². The normalized spacial score (nSPS) is 10.6. The van der Waals surface area contributed by atoms with Crippen LogP contribution in [-0.2, 0) is 0 Å². The molecular weight excluding hydrogens is 198 g/mol. The maximum Gasteiger partial charge on any atom is 0.153 e. The van der Waals surface area contributed by atoms with E-state index in [2.05, 4.69) is 35.9 Å². The molecule has 14 heavy (non-hydrogen) atoms. The highest BCUT2D eigenvalue weighted by atomic mass is 35.5. The summed E-state index contributed by atoms with van der Waals surface area (Å²) in [5, 5.41) is 8.01. The number of anilines is 1. The Hall–Kier alpha value is -0.830. The SMILES string of the molecule is CCN(CC(C)C)c1cnnc(Cl)c1. The fraction of sp³-hybridized carbons (Fsp3) is 0.600. The Morgan fingerprint density at radius 1 is 1.50 bits per heavy atom. The second-order valence-electron chi connectivity index (χ2n) is 3.67. The summed E-state index contributed by atoms with van der Waals surface area (Å²) in [6.45, 7) is 8.48. The Labute approximate surface area is 90.1 Å². The van der Waals surface area contributed by atoms with Crippen molar-refractivity contribution in [1.82, 2.24) is 10.2 Å². The van der Waals surface area contributed by atoms with Crippen LogP contribution in [0.2, 0.25) is 5.15 Å². The van der Waals surface area contributed by atoms with E-state index in [1.54, 1.807) is 6.20 Å². The zero-order valence-electron chi connectivity index (χ0n) is 8.87. The van der Waals surface area contributed by atoms with Gasteiger partial charge in [-0.25, -0.2) is 0 Å². The van der Waals surface area contributed by atoms with Crippen LogP contribution in [0, 0.1) is 5.92 Å². The molecule has 0 radical (unpaired) electrons. The van der Waals surface area contributed by atoms with Crippen molar-refractivity contribution in [2.24, 2.45) is 5.92 Å². The molecule has 1 aromatic heterocycles. The van der Waals surface area contributed by atoms with Gasteiger partial charge in [0.05, 0.1) is 11.9 Å². The highest BCUT2D eigenvalue weighted by molar-refractivity contribution is 6.29. The maximum absolute atomic E-state index is 5.78. The van der Waals surface area contributed by atoms with Crippen LogP contribution in [-0.4, -0.2) is 23.3 Å². The van der Waals surface area contributed by atoms with Crippen LogP contribution < -0.4 is 4.90 Å². The van der Waals surface area contributed by atoms with Gasteiger partial charge in [0.2, 0.25) is 0 Å². The van der Waals surface area contributed by atoms with Gasteiger partial charge in [-0.15, -0.1) is 5.10 Å². The Kier molecular flexibility index (Phi) is 4.14. The third-order valence-electron chi connectivity index (χ3n) is 1.94. The van der Waals surface area contributed by atoms with E-state index < -0.39 is 0 Å². The minimum Gasteiger partial charge on any atom is -0.370 e. The molecule has 0 atom stereocenters. The van der Waals surface area contributed by atoms with Crippen molar-refractivity contribution in [3.05, 3.63) is 17.4 Å². The molecule has 0 unspecified atom stereocenters. The number of halogens is 1. The average Bonchev–Trinajstić information content (AvgIpc) is 2.14. The van der Waals surface area contributed by atoms with Crippen molar-refractivity contribution in [3.8, 4) is 0 Å². The Balaban J connectivity index is 2.78. The lowest BCUT2D eigenvalue weighted by molar-refractivity contribution is 0.617. The molecule has 0 N–H and O–H groups in total. The highest BCUT2D eigenvalue weighted by Crippen LogP contribution is 2.16. The smallest absolute Gasteiger partial charge is 0.153 e. The van der Waals surface area contributed by atoms with Crippen molar-refractivity contribution in [2.75, 3.05) is 18.0 Å². The predicted octanol–water partition coefficient (Wildman–Crippen LogP) is 2.61. The minimum absolute atomic E-state index is 0.449. The summed E-state index contributed by atoms with van der Waals surface area (Å²) in [5.74, 6) is 0.627. The van der Waals surface area contributed by atoms with Gasteiger partial charge in [0.25, 0.3) is 0 Å². The van der Waals surface area contributed by atoms with Gasteiger partial charge in [-0.2, -0.15) is 5.10 Å². The molecule has 0 fully saturated rings. The number of nitrogens with zero attached hydrogens (tertiary/aromatic N) is 3. The van der Waals surface area contributed by atoms with Crippen LogP contribution in [0.4, 0.5) is 5.69 Å². The average molecular weight is 214 g/mol. The first-order chi connectivity index (χ1) is 6.63. The molecule has 78 valence electrons. The van der Waals surface area contributed by atoms with Gasteiger partial charge in [0, 0.05) is 19.2 Å².